The lowest BCUT2D eigenvalue weighted by Gasteiger charge is -2.37. The van der Waals surface area contributed by atoms with Gasteiger partial charge in [-0.25, -0.2) is 0 Å². The highest BCUT2D eigenvalue weighted by molar-refractivity contribution is 9.11. The Hall–Kier alpha value is 0.360. The second kappa shape index (κ2) is 10.8. The summed E-state index contributed by atoms with van der Waals surface area (Å²) < 4.78 is 2.59. The van der Waals surface area contributed by atoms with Crippen molar-refractivity contribution >= 4 is 54.5 Å². The van der Waals surface area contributed by atoms with Gasteiger partial charge in [-0.15, -0.1) is 22.7 Å². The Balaban J connectivity index is 2.06. The van der Waals surface area contributed by atoms with Gasteiger partial charge in [-0.1, -0.05) is 79.1 Å². The molecule has 1 aliphatic carbocycles. The van der Waals surface area contributed by atoms with E-state index in [1.165, 1.54) is 71.8 Å². The largest absolute Gasteiger partial charge is 0.127 e. The first-order chi connectivity index (χ1) is 14.0. The molecule has 4 heteroatoms. The minimum atomic E-state index is 0.207. The van der Waals surface area contributed by atoms with E-state index in [9.17, 15) is 0 Å². The molecule has 0 nitrogen and oxygen atoms in total. The fraction of sp³-hybridized carbons (Fsp3) is 0.680. The van der Waals surface area contributed by atoms with Gasteiger partial charge in [0.2, 0.25) is 0 Å². The standard InChI is InChI=1S/C25H36Br2S2/c1-5-9-11-17(7-3)15-25(16-18(8-4)12-10-6-2)19-13-21(26)28-23(19)24-20(25)14-22(27)29-24/h13-14,17-18H,5-12,15-16H2,1-4H3/t17-,18-/m1/s1. The van der Waals surface area contributed by atoms with Crippen molar-refractivity contribution in [2.24, 2.45) is 11.8 Å². The average Bonchev–Trinajstić information content (AvgIpc) is 3.34. The molecule has 0 amide bonds. The maximum absolute atomic E-state index is 3.83. The minimum Gasteiger partial charge on any atom is -0.127 e. The van der Waals surface area contributed by atoms with Crippen molar-refractivity contribution in [3.05, 3.63) is 30.8 Å². The molecule has 0 spiro atoms. The molecule has 0 fully saturated rings. The van der Waals surface area contributed by atoms with Crippen molar-refractivity contribution in [3.8, 4) is 9.75 Å². The summed E-state index contributed by atoms with van der Waals surface area (Å²) in [5, 5.41) is 0. The van der Waals surface area contributed by atoms with Gasteiger partial charge >= 0.3 is 0 Å². The fourth-order valence-corrected chi connectivity index (χ4v) is 8.87. The van der Waals surface area contributed by atoms with Crippen LogP contribution in [0.5, 0.6) is 0 Å². The van der Waals surface area contributed by atoms with Gasteiger partial charge in [0.05, 0.1) is 7.57 Å². The first-order valence-electron chi connectivity index (χ1n) is 11.6. The molecule has 0 N–H and O–H groups in total. The lowest BCUT2D eigenvalue weighted by molar-refractivity contribution is 0.266. The first kappa shape index (κ1) is 24.0. The zero-order chi connectivity index (χ0) is 21.0. The highest BCUT2D eigenvalue weighted by Gasteiger charge is 2.47. The number of hydrogen-bond acceptors (Lipinski definition) is 2. The SMILES string of the molecule is CCCC[C@@H](CC)CC1(C[C@H](CC)CCCC)c2cc(Br)sc2-c2sc(Br)cc21. The Morgan fingerprint density at radius 1 is 0.759 bits per heavy atom. The topological polar surface area (TPSA) is 0 Å². The van der Waals surface area contributed by atoms with Crippen LogP contribution in [-0.2, 0) is 5.41 Å². The van der Waals surface area contributed by atoms with E-state index in [4.69, 9.17) is 0 Å². The summed E-state index contributed by atoms with van der Waals surface area (Å²) in [6, 6.07) is 4.94. The van der Waals surface area contributed by atoms with Gasteiger partial charge in [-0.05, 0) is 79.8 Å². The van der Waals surface area contributed by atoms with E-state index < -0.39 is 0 Å². The summed E-state index contributed by atoms with van der Waals surface area (Å²) in [6.45, 7) is 9.48. The molecule has 0 aliphatic heterocycles. The van der Waals surface area contributed by atoms with Crippen molar-refractivity contribution in [1.82, 2.24) is 0 Å². The van der Waals surface area contributed by atoms with E-state index in [0.29, 0.717) is 0 Å². The van der Waals surface area contributed by atoms with E-state index in [0.717, 1.165) is 11.8 Å². The van der Waals surface area contributed by atoms with E-state index in [1.807, 2.05) is 22.7 Å². The third kappa shape index (κ3) is 5.07. The average molecular weight is 561 g/mol. The van der Waals surface area contributed by atoms with Crippen molar-refractivity contribution in [1.29, 1.82) is 0 Å². The maximum atomic E-state index is 3.83. The molecule has 2 aromatic rings. The van der Waals surface area contributed by atoms with Crippen molar-refractivity contribution in [2.75, 3.05) is 0 Å². The zero-order valence-corrected chi connectivity index (χ0v) is 23.3. The zero-order valence-electron chi connectivity index (χ0n) is 18.5. The van der Waals surface area contributed by atoms with Crippen LogP contribution in [-0.4, -0.2) is 0 Å². The molecule has 0 saturated heterocycles. The number of unbranched alkanes of at least 4 members (excludes halogenated alkanes) is 2. The first-order valence-corrected chi connectivity index (χ1v) is 14.8. The summed E-state index contributed by atoms with van der Waals surface area (Å²) in [4.78, 5) is 3.08. The summed E-state index contributed by atoms with van der Waals surface area (Å²) in [6.07, 6.45) is 13.3. The Bertz CT molecular complexity index is 723. The van der Waals surface area contributed by atoms with Gasteiger partial charge in [0, 0.05) is 15.2 Å². The Labute approximate surface area is 203 Å². The summed E-state index contributed by atoms with van der Waals surface area (Å²) in [5.41, 5.74) is 3.47. The monoisotopic (exact) mass is 558 g/mol. The molecule has 2 heterocycles. The molecule has 0 saturated carbocycles. The summed E-state index contributed by atoms with van der Waals surface area (Å²) in [7, 11) is 0. The maximum Gasteiger partial charge on any atom is 0.0708 e. The molecule has 2 aromatic heterocycles. The number of fused-ring (bicyclic) bond motifs is 3. The van der Waals surface area contributed by atoms with E-state index >= 15 is 0 Å². The second-order valence-corrected chi connectivity index (χ2v) is 13.8. The van der Waals surface area contributed by atoms with Crippen LogP contribution in [0.2, 0.25) is 0 Å². The van der Waals surface area contributed by atoms with E-state index in [2.05, 4.69) is 71.7 Å². The predicted octanol–water partition coefficient (Wildman–Crippen LogP) is 10.8. The normalized spacial score (nSPS) is 16.6. The number of hydrogen-bond donors (Lipinski definition) is 0. The molecule has 0 unspecified atom stereocenters. The Kier molecular flexibility index (Phi) is 8.93. The molecule has 0 aromatic carbocycles. The predicted molar refractivity (Wildman–Crippen MR) is 140 cm³/mol. The van der Waals surface area contributed by atoms with Gasteiger partial charge in [0.1, 0.15) is 0 Å². The minimum absolute atomic E-state index is 0.207. The number of halogens is 2. The van der Waals surface area contributed by atoms with Crippen LogP contribution >= 0.6 is 54.5 Å². The molecule has 29 heavy (non-hydrogen) atoms. The van der Waals surface area contributed by atoms with Crippen molar-refractivity contribution in [2.45, 2.75) is 97.3 Å². The molecule has 162 valence electrons. The van der Waals surface area contributed by atoms with Crippen LogP contribution < -0.4 is 0 Å². The van der Waals surface area contributed by atoms with Gasteiger partial charge in [0.25, 0.3) is 0 Å². The molecule has 2 atom stereocenters. The van der Waals surface area contributed by atoms with Crippen LogP contribution in [0.4, 0.5) is 0 Å². The molecule has 1 aliphatic rings. The molecule has 0 radical (unpaired) electrons. The highest BCUT2D eigenvalue weighted by Crippen LogP contribution is 2.62. The third-order valence-corrected chi connectivity index (χ3v) is 10.4. The van der Waals surface area contributed by atoms with E-state index in [-0.39, 0.29) is 5.41 Å². The molecule has 0 bridgehead atoms. The van der Waals surface area contributed by atoms with Gasteiger partial charge in [0.15, 0.2) is 0 Å². The number of thiophene rings is 2. The Morgan fingerprint density at radius 3 is 1.52 bits per heavy atom. The van der Waals surface area contributed by atoms with Crippen molar-refractivity contribution in [3.63, 3.8) is 0 Å². The summed E-state index contributed by atoms with van der Waals surface area (Å²) >= 11 is 11.6. The second-order valence-electron chi connectivity index (χ2n) is 8.91. The Morgan fingerprint density at radius 2 is 1.17 bits per heavy atom. The van der Waals surface area contributed by atoms with Crippen LogP contribution in [0.15, 0.2) is 19.7 Å². The molecular weight excluding hydrogens is 524 g/mol. The molecular formula is C25H36Br2S2. The van der Waals surface area contributed by atoms with Crippen LogP contribution in [0.3, 0.4) is 0 Å². The van der Waals surface area contributed by atoms with Crippen LogP contribution in [0, 0.1) is 11.8 Å². The summed E-state index contributed by atoms with van der Waals surface area (Å²) in [5.74, 6) is 1.63. The van der Waals surface area contributed by atoms with Gasteiger partial charge < -0.3 is 0 Å². The smallest absolute Gasteiger partial charge is 0.0708 e. The highest BCUT2D eigenvalue weighted by atomic mass is 79.9. The lowest BCUT2D eigenvalue weighted by atomic mass is 9.66. The number of rotatable bonds is 12. The lowest BCUT2D eigenvalue weighted by Crippen LogP contribution is -2.31. The van der Waals surface area contributed by atoms with Crippen LogP contribution in [0.25, 0.3) is 9.75 Å². The van der Waals surface area contributed by atoms with Crippen LogP contribution in [0.1, 0.15) is 103 Å². The van der Waals surface area contributed by atoms with Gasteiger partial charge in [-0.2, -0.15) is 0 Å². The van der Waals surface area contributed by atoms with E-state index in [1.54, 1.807) is 20.9 Å². The van der Waals surface area contributed by atoms with Crippen molar-refractivity contribution < 1.29 is 0 Å². The van der Waals surface area contributed by atoms with Gasteiger partial charge in [-0.3, -0.25) is 0 Å². The quantitative estimate of drug-likeness (QED) is 0.242. The fourth-order valence-electron chi connectivity index (χ4n) is 5.31. The molecule has 3 rings (SSSR count). The third-order valence-electron chi connectivity index (χ3n) is 7.00.